The quantitative estimate of drug-likeness (QED) is 0.190. The lowest BCUT2D eigenvalue weighted by atomic mass is 10.0. The van der Waals surface area contributed by atoms with Crippen molar-refractivity contribution in [3.05, 3.63) is 107 Å². The summed E-state index contributed by atoms with van der Waals surface area (Å²) in [5.41, 5.74) is 3.74. The molecule has 1 aliphatic heterocycles. The van der Waals surface area contributed by atoms with E-state index in [0.717, 1.165) is 16.6 Å². The molecule has 1 fully saturated rings. The first-order chi connectivity index (χ1) is 22.9. The molecule has 238 valence electrons. The fourth-order valence-electron chi connectivity index (χ4n) is 5.58. The Balaban J connectivity index is 1.21. The van der Waals surface area contributed by atoms with E-state index in [9.17, 15) is 18.4 Å². The van der Waals surface area contributed by atoms with Crippen LogP contribution in [0.2, 0.25) is 0 Å². The van der Waals surface area contributed by atoms with Gasteiger partial charge in [-0.2, -0.15) is 13.8 Å². The number of hydrogen-bond donors (Lipinski definition) is 0. The van der Waals surface area contributed by atoms with Crippen molar-refractivity contribution in [2.24, 2.45) is 0 Å². The highest BCUT2D eigenvalue weighted by Crippen LogP contribution is 2.30. The molecule has 13 heteroatoms. The first-order valence-corrected chi connectivity index (χ1v) is 14.9. The third-order valence-corrected chi connectivity index (χ3v) is 7.92. The molecule has 4 heterocycles. The van der Waals surface area contributed by atoms with Gasteiger partial charge in [0.05, 0.1) is 35.7 Å². The maximum Gasteiger partial charge on any atom is 0.410 e. The van der Waals surface area contributed by atoms with E-state index in [1.807, 2.05) is 53.1 Å². The van der Waals surface area contributed by atoms with Crippen molar-refractivity contribution in [1.29, 1.82) is 0 Å². The number of benzene rings is 3. The van der Waals surface area contributed by atoms with Crippen LogP contribution in [0.25, 0.3) is 38.9 Å². The molecule has 7 rings (SSSR count). The number of fused-ring (bicyclic) bond motifs is 2. The largest absolute Gasteiger partial charge is 0.464 e. The van der Waals surface area contributed by atoms with Gasteiger partial charge in [-0.05, 0) is 60.5 Å². The number of amides is 1. The van der Waals surface area contributed by atoms with Gasteiger partial charge in [-0.15, -0.1) is 0 Å². The number of rotatable bonds is 9. The number of aromatic nitrogens is 5. The second-order valence-electron chi connectivity index (χ2n) is 10.9. The van der Waals surface area contributed by atoms with Crippen LogP contribution >= 0.6 is 0 Å². The van der Waals surface area contributed by atoms with E-state index in [0.29, 0.717) is 47.5 Å². The Labute approximate surface area is 266 Å². The molecular weight excluding hydrogens is 610 g/mol. The second-order valence-corrected chi connectivity index (χ2v) is 10.9. The van der Waals surface area contributed by atoms with Crippen molar-refractivity contribution in [2.45, 2.75) is 26.2 Å². The zero-order valence-electron chi connectivity index (χ0n) is 25.1. The van der Waals surface area contributed by atoms with Crippen LogP contribution in [0.5, 0.6) is 11.8 Å². The molecule has 1 saturated heterocycles. The number of alkyl halides is 2. The summed E-state index contributed by atoms with van der Waals surface area (Å²) in [5.74, 6) is -0.0420. The lowest BCUT2D eigenvalue weighted by molar-refractivity contribution is -0.0498. The normalized spacial score (nSPS) is 13.2. The first-order valence-electron chi connectivity index (χ1n) is 14.9. The predicted octanol–water partition coefficient (Wildman–Crippen LogP) is 5.99. The highest BCUT2D eigenvalue weighted by Gasteiger charge is 2.34. The second kappa shape index (κ2) is 12.5. The number of pyridine rings is 1. The van der Waals surface area contributed by atoms with Gasteiger partial charge < -0.3 is 23.7 Å². The summed E-state index contributed by atoms with van der Waals surface area (Å²) in [7, 11) is 0. The van der Waals surface area contributed by atoms with Crippen LogP contribution in [0.1, 0.15) is 18.5 Å². The topological polar surface area (TPSA) is 114 Å². The summed E-state index contributed by atoms with van der Waals surface area (Å²) < 4.78 is 44.4. The molecule has 1 amide bonds. The van der Waals surface area contributed by atoms with E-state index in [-0.39, 0.29) is 36.1 Å². The minimum absolute atomic E-state index is 0.0212. The third kappa shape index (κ3) is 5.94. The van der Waals surface area contributed by atoms with Gasteiger partial charge in [-0.25, -0.2) is 14.8 Å². The Morgan fingerprint density at radius 1 is 1.00 bits per heavy atom. The molecule has 6 aromatic rings. The Hall–Kier alpha value is -5.85. The average molecular weight is 639 g/mol. The first kappa shape index (κ1) is 29.8. The summed E-state index contributed by atoms with van der Waals surface area (Å²) in [4.78, 5) is 41.7. The maximum absolute atomic E-state index is 14.2. The minimum Gasteiger partial charge on any atom is -0.464 e. The standard InChI is InChI=1S/C34H28F2N6O5/c1-2-45-33-37-16-23-14-27(31(43)42(30(23)39-33)24-9-11-26(12-10-24)47-32(35)36)22-8-13-28-29(15-22)41(20-38-28)25-17-40(18-25)34(44)46-19-21-6-4-3-5-7-21/h3-16,20,25,32H,2,17-19H2,1H3. The highest BCUT2D eigenvalue weighted by atomic mass is 19.3. The fraction of sp³-hybridized carbons (Fsp3) is 0.206. The molecule has 3 aromatic heterocycles. The third-order valence-electron chi connectivity index (χ3n) is 7.92. The van der Waals surface area contributed by atoms with Gasteiger partial charge in [0.15, 0.2) is 5.65 Å². The molecule has 0 unspecified atom stereocenters. The maximum atomic E-state index is 14.2. The lowest BCUT2D eigenvalue weighted by Crippen LogP contribution is -2.50. The summed E-state index contributed by atoms with van der Waals surface area (Å²) >= 11 is 0. The van der Waals surface area contributed by atoms with Crippen molar-refractivity contribution in [3.63, 3.8) is 0 Å². The van der Waals surface area contributed by atoms with Crippen molar-refractivity contribution < 1.29 is 27.8 Å². The summed E-state index contributed by atoms with van der Waals surface area (Å²) in [5, 5.41) is 0.563. The number of imidazole rings is 1. The fourth-order valence-corrected chi connectivity index (χ4v) is 5.58. The molecule has 47 heavy (non-hydrogen) atoms. The lowest BCUT2D eigenvalue weighted by Gasteiger charge is -2.39. The van der Waals surface area contributed by atoms with Gasteiger partial charge in [-0.3, -0.25) is 9.36 Å². The van der Waals surface area contributed by atoms with Crippen LogP contribution < -0.4 is 15.0 Å². The Bertz CT molecular complexity index is 2130. The van der Waals surface area contributed by atoms with E-state index in [2.05, 4.69) is 19.7 Å². The van der Waals surface area contributed by atoms with E-state index in [1.54, 1.807) is 30.4 Å². The van der Waals surface area contributed by atoms with E-state index in [4.69, 9.17) is 9.47 Å². The van der Waals surface area contributed by atoms with Crippen LogP contribution in [0.15, 0.2) is 96.2 Å². The van der Waals surface area contributed by atoms with Gasteiger partial charge >= 0.3 is 18.7 Å². The number of nitrogens with zero attached hydrogens (tertiary/aromatic N) is 6. The Morgan fingerprint density at radius 3 is 2.53 bits per heavy atom. The number of carbonyl (C=O) groups excluding carboxylic acids is 1. The predicted molar refractivity (Wildman–Crippen MR) is 169 cm³/mol. The Morgan fingerprint density at radius 2 is 1.79 bits per heavy atom. The monoisotopic (exact) mass is 638 g/mol. The van der Waals surface area contributed by atoms with Crippen LogP contribution in [0, 0.1) is 0 Å². The molecule has 11 nitrogen and oxygen atoms in total. The molecule has 0 bridgehead atoms. The van der Waals surface area contributed by atoms with Crippen molar-refractivity contribution in [2.75, 3.05) is 19.7 Å². The minimum atomic E-state index is -2.98. The molecule has 3 aromatic carbocycles. The van der Waals surface area contributed by atoms with E-state index >= 15 is 0 Å². The molecule has 0 radical (unpaired) electrons. The summed E-state index contributed by atoms with van der Waals surface area (Å²) in [6.07, 6.45) is 2.93. The zero-order chi connectivity index (χ0) is 32.5. The number of halogens is 2. The van der Waals surface area contributed by atoms with Crippen LogP contribution in [0.3, 0.4) is 0 Å². The molecular formula is C34H28F2N6O5. The average Bonchev–Trinajstić information content (AvgIpc) is 3.46. The van der Waals surface area contributed by atoms with E-state index < -0.39 is 6.61 Å². The molecule has 0 atom stereocenters. The van der Waals surface area contributed by atoms with Crippen LogP contribution in [-0.2, 0) is 11.3 Å². The number of hydrogen-bond acceptors (Lipinski definition) is 8. The van der Waals surface area contributed by atoms with Gasteiger partial charge in [0.2, 0.25) is 0 Å². The molecule has 0 N–H and O–H groups in total. The smallest absolute Gasteiger partial charge is 0.410 e. The van der Waals surface area contributed by atoms with Gasteiger partial charge in [0.1, 0.15) is 12.4 Å². The number of ether oxygens (including phenoxy) is 3. The van der Waals surface area contributed by atoms with Crippen molar-refractivity contribution in [3.8, 4) is 28.6 Å². The van der Waals surface area contributed by atoms with Crippen molar-refractivity contribution in [1.82, 2.24) is 29.0 Å². The summed E-state index contributed by atoms with van der Waals surface area (Å²) in [6.45, 7) is 0.259. The molecule has 0 saturated carbocycles. The van der Waals surface area contributed by atoms with E-state index in [1.165, 1.54) is 28.8 Å². The number of carbonyl (C=O) groups is 1. The highest BCUT2D eigenvalue weighted by molar-refractivity contribution is 5.87. The number of likely N-dealkylation sites (tertiary alicyclic amines) is 1. The van der Waals surface area contributed by atoms with Gasteiger partial charge in [0.25, 0.3) is 5.56 Å². The molecule has 1 aliphatic rings. The molecule has 0 spiro atoms. The van der Waals surface area contributed by atoms with Crippen molar-refractivity contribution >= 4 is 28.2 Å². The van der Waals surface area contributed by atoms with Gasteiger partial charge in [0, 0.05) is 30.2 Å². The Kier molecular flexibility index (Phi) is 7.94. The zero-order valence-corrected chi connectivity index (χ0v) is 25.1. The van der Waals surface area contributed by atoms with Crippen LogP contribution in [0.4, 0.5) is 13.6 Å². The molecule has 0 aliphatic carbocycles. The SMILES string of the molecule is CCOc1ncc2cc(-c3ccc4ncn(C5CN(C(=O)OCc6ccccc6)C5)c4c3)c(=O)n(-c3ccc(OC(F)F)cc3)c2n1. The van der Waals surface area contributed by atoms with Gasteiger partial charge in [-0.1, -0.05) is 36.4 Å². The van der Waals surface area contributed by atoms with Crippen LogP contribution in [-0.4, -0.2) is 61.4 Å². The summed E-state index contributed by atoms with van der Waals surface area (Å²) in [6, 6.07) is 22.6.